The molecule has 10 nitrogen and oxygen atoms in total. The third kappa shape index (κ3) is 5.03. The molecule has 10 heteroatoms. The Hall–Kier alpha value is -3.56. The molecule has 154 valence electrons. The van der Waals surface area contributed by atoms with Gasteiger partial charge in [-0.25, -0.2) is 4.79 Å². The minimum atomic E-state index is -1.05. The van der Waals surface area contributed by atoms with Crippen LogP contribution >= 0.6 is 0 Å². The SMILES string of the molecule is CC(C)(C)OC(=O)N1CC(C(=O)Nc2cnn(CC(=O)O)c2)Oc2ccccc21. The van der Waals surface area contributed by atoms with Crippen molar-refractivity contribution in [2.45, 2.75) is 39.0 Å². The van der Waals surface area contributed by atoms with Crippen LogP contribution in [-0.2, 0) is 20.9 Å². The summed E-state index contributed by atoms with van der Waals surface area (Å²) < 4.78 is 12.4. The molecule has 0 saturated carbocycles. The maximum Gasteiger partial charge on any atom is 0.415 e. The number of ether oxygens (including phenoxy) is 2. The van der Waals surface area contributed by atoms with Crippen LogP contribution in [0.2, 0.25) is 0 Å². The predicted molar refractivity (Wildman–Crippen MR) is 103 cm³/mol. The van der Waals surface area contributed by atoms with Gasteiger partial charge in [-0.3, -0.25) is 19.2 Å². The molecule has 0 bridgehead atoms. The summed E-state index contributed by atoms with van der Waals surface area (Å²) in [6.07, 6.45) is 1.16. The number of aromatic nitrogens is 2. The molecule has 29 heavy (non-hydrogen) atoms. The molecule has 1 aliphatic heterocycles. The molecule has 2 amide bonds. The van der Waals surface area contributed by atoms with Gasteiger partial charge in [0.15, 0.2) is 6.10 Å². The third-order valence-corrected chi connectivity index (χ3v) is 3.88. The largest absolute Gasteiger partial charge is 0.480 e. The number of carbonyl (C=O) groups excluding carboxylic acids is 2. The molecular weight excluding hydrogens is 380 g/mol. The average Bonchev–Trinajstić information content (AvgIpc) is 3.05. The highest BCUT2D eigenvalue weighted by atomic mass is 16.6. The number of benzene rings is 1. The fourth-order valence-corrected chi connectivity index (χ4v) is 2.74. The van der Waals surface area contributed by atoms with Crippen LogP contribution in [0.5, 0.6) is 5.75 Å². The number of nitrogens with one attached hydrogen (secondary N) is 1. The molecule has 0 saturated heterocycles. The van der Waals surface area contributed by atoms with Gasteiger partial charge in [0, 0.05) is 6.20 Å². The lowest BCUT2D eigenvalue weighted by Crippen LogP contribution is -2.50. The highest BCUT2D eigenvalue weighted by molar-refractivity contribution is 5.98. The van der Waals surface area contributed by atoms with E-state index in [-0.39, 0.29) is 13.1 Å². The number of rotatable bonds is 4. The van der Waals surface area contributed by atoms with Gasteiger partial charge in [0.2, 0.25) is 0 Å². The van der Waals surface area contributed by atoms with Gasteiger partial charge in [0.05, 0.1) is 24.1 Å². The van der Waals surface area contributed by atoms with Crippen molar-refractivity contribution < 1.29 is 29.0 Å². The Labute approximate surface area is 167 Å². The lowest BCUT2D eigenvalue weighted by atomic mass is 10.1. The Kier molecular flexibility index (Phi) is 5.44. The van der Waals surface area contributed by atoms with Crippen molar-refractivity contribution in [2.24, 2.45) is 0 Å². The van der Waals surface area contributed by atoms with Crippen LogP contribution in [0, 0.1) is 0 Å². The van der Waals surface area contributed by atoms with E-state index in [4.69, 9.17) is 14.6 Å². The number of amides is 2. The molecular formula is C19H22N4O6. The first kappa shape index (κ1) is 20.2. The number of carboxylic acids is 1. The second kappa shape index (κ2) is 7.82. The van der Waals surface area contributed by atoms with E-state index < -0.39 is 29.7 Å². The van der Waals surface area contributed by atoms with Gasteiger partial charge in [0.1, 0.15) is 17.9 Å². The number of para-hydroxylation sites is 2. The van der Waals surface area contributed by atoms with E-state index in [1.54, 1.807) is 45.0 Å². The topological polar surface area (TPSA) is 123 Å². The van der Waals surface area contributed by atoms with Gasteiger partial charge in [-0.05, 0) is 32.9 Å². The first-order valence-electron chi connectivity index (χ1n) is 8.94. The molecule has 0 spiro atoms. The number of hydrogen-bond donors (Lipinski definition) is 2. The van der Waals surface area contributed by atoms with Crippen molar-refractivity contribution in [1.29, 1.82) is 0 Å². The van der Waals surface area contributed by atoms with E-state index in [0.29, 0.717) is 17.1 Å². The maximum atomic E-state index is 12.7. The zero-order valence-electron chi connectivity index (χ0n) is 16.3. The Bertz CT molecular complexity index is 933. The van der Waals surface area contributed by atoms with Crippen molar-refractivity contribution in [3.8, 4) is 5.75 Å². The van der Waals surface area contributed by atoms with Gasteiger partial charge in [-0.15, -0.1) is 0 Å². The van der Waals surface area contributed by atoms with Crippen molar-refractivity contribution in [3.05, 3.63) is 36.7 Å². The number of carbonyl (C=O) groups is 3. The number of fused-ring (bicyclic) bond motifs is 1. The summed E-state index contributed by atoms with van der Waals surface area (Å²) in [5, 5.41) is 15.3. The van der Waals surface area contributed by atoms with Crippen LogP contribution in [0.3, 0.4) is 0 Å². The predicted octanol–water partition coefficient (Wildman–Crippen LogP) is 2.11. The number of hydrogen-bond acceptors (Lipinski definition) is 6. The van der Waals surface area contributed by atoms with Crippen LogP contribution in [0.25, 0.3) is 0 Å². The molecule has 1 aliphatic rings. The van der Waals surface area contributed by atoms with E-state index in [1.807, 2.05) is 0 Å². The molecule has 0 fully saturated rings. The van der Waals surface area contributed by atoms with E-state index in [1.165, 1.54) is 22.0 Å². The normalized spacial score (nSPS) is 15.8. The lowest BCUT2D eigenvalue weighted by molar-refractivity contribution is -0.137. The third-order valence-electron chi connectivity index (χ3n) is 3.88. The minimum absolute atomic E-state index is 0.0407. The standard InChI is InChI=1S/C19H22N4O6/c1-19(2,3)29-18(27)23-10-15(28-14-7-5-4-6-13(14)23)17(26)21-12-8-20-22(9-12)11-16(24)25/h4-9,15H,10-11H2,1-3H3,(H,21,26)(H,24,25). The highest BCUT2D eigenvalue weighted by Crippen LogP contribution is 2.34. The average molecular weight is 402 g/mol. The Morgan fingerprint density at radius 3 is 2.72 bits per heavy atom. The van der Waals surface area contributed by atoms with Crippen LogP contribution in [0.15, 0.2) is 36.7 Å². The zero-order chi connectivity index (χ0) is 21.2. The number of anilines is 2. The van der Waals surface area contributed by atoms with E-state index >= 15 is 0 Å². The summed E-state index contributed by atoms with van der Waals surface area (Å²) in [5.74, 6) is -1.17. The first-order chi connectivity index (χ1) is 13.6. The lowest BCUT2D eigenvalue weighted by Gasteiger charge is -2.35. The second-order valence-corrected chi connectivity index (χ2v) is 7.47. The monoisotopic (exact) mass is 402 g/mol. The van der Waals surface area contributed by atoms with Gasteiger partial charge in [-0.2, -0.15) is 5.10 Å². The number of carboxylic acid groups (broad SMARTS) is 1. The van der Waals surface area contributed by atoms with E-state index in [9.17, 15) is 14.4 Å². The molecule has 1 aromatic carbocycles. The molecule has 1 unspecified atom stereocenters. The van der Waals surface area contributed by atoms with Gasteiger partial charge >= 0.3 is 12.1 Å². The molecule has 2 N–H and O–H groups in total. The fraction of sp³-hybridized carbons (Fsp3) is 0.368. The molecule has 2 aromatic rings. The minimum Gasteiger partial charge on any atom is -0.480 e. The molecule has 2 heterocycles. The summed E-state index contributed by atoms with van der Waals surface area (Å²) in [4.78, 5) is 37.5. The summed E-state index contributed by atoms with van der Waals surface area (Å²) in [5.41, 5.74) is 0.142. The van der Waals surface area contributed by atoms with E-state index in [2.05, 4.69) is 10.4 Å². The van der Waals surface area contributed by atoms with Crippen LogP contribution in [0.4, 0.5) is 16.2 Å². The van der Waals surface area contributed by atoms with Crippen molar-refractivity contribution >= 4 is 29.3 Å². The Balaban J connectivity index is 1.76. The summed E-state index contributed by atoms with van der Waals surface area (Å²) >= 11 is 0. The number of nitrogens with zero attached hydrogens (tertiary/aromatic N) is 3. The Morgan fingerprint density at radius 1 is 1.31 bits per heavy atom. The van der Waals surface area contributed by atoms with Gasteiger partial charge in [-0.1, -0.05) is 12.1 Å². The van der Waals surface area contributed by atoms with Crippen LogP contribution in [-0.4, -0.2) is 51.1 Å². The van der Waals surface area contributed by atoms with Gasteiger partial charge in [0.25, 0.3) is 5.91 Å². The molecule has 0 radical (unpaired) electrons. The second-order valence-electron chi connectivity index (χ2n) is 7.47. The zero-order valence-corrected chi connectivity index (χ0v) is 16.3. The fourth-order valence-electron chi connectivity index (χ4n) is 2.74. The van der Waals surface area contributed by atoms with Crippen molar-refractivity contribution in [1.82, 2.24) is 9.78 Å². The van der Waals surface area contributed by atoms with E-state index in [0.717, 1.165) is 0 Å². The molecule has 1 atom stereocenters. The number of aliphatic carboxylic acids is 1. The quantitative estimate of drug-likeness (QED) is 0.803. The highest BCUT2D eigenvalue weighted by Gasteiger charge is 2.36. The Morgan fingerprint density at radius 2 is 2.03 bits per heavy atom. The van der Waals surface area contributed by atoms with Crippen molar-refractivity contribution in [3.63, 3.8) is 0 Å². The maximum absolute atomic E-state index is 12.7. The van der Waals surface area contributed by atoms with Crippen LogP contribution < -0.4 is 15.0 Å². The summed E-state index contributed by atoms with van der Waals surface area (Å²) in [6.45, 7) is 4.92. The summed E-state index contributed by atoms with van der Waals surface area (Å²) in [6, 6.07) is 6.87. The van der Waals surface area contributed by atoms with Crippen molar-refractivity contribution in [2.75, 3.05) is 16.8 Å². The summed E-state index contributed by atoms with van der Waals surface area (Å²) in [7, 11) is 0. The van der Waals surface area contributed by atoms with Crippen LogP contribution in [0.1, 0.15) is 20.8 Å². The molecule has 0 aliphatic carbocycles. The molecule has 3 rings (SSSR count). The molecule has 1 aromatic heterocycles. The smallest absolute Gasteiger partial charge is 0.415 e. The van der Waals surface area contributed by atoms with Gasteiger partial charge < -0.3 is 19.9 Å². The first-order valence-corrected chi connectivity index (χ1v) is 8.94.